The van der Waals surface area contributed by atoms with Gasteiger partial charge in [-0.15, -0.1) is 0 Å². The molecule has 0 spiro atoms. The largest absolute Gasteiger partial charge is 0.462 e. The summed E-state index contributed by atoms with van der Waals surface area (Å²) in [6.07, 6.45) is 77.8. The van der Waals surface area contributed by atoms with Crippen molar-refractivity contribution in [2.45, 2.75) is 245 Å². The molecule has 0 aliphatic rings. The van der Waals surface area contributed by atoms with E-state index in [-0.39, 0.29) is 37.5 Å². The summed E-state index contributed by atoms with van der Waals surface area (Å²) in [6, 6.07) is 0. The Morgan fingerprint density at radius 3 is 0.899 bits per heavy atom. The zero-order valence-electron chi connectivity index (χ0n) is 44.5. The van der Waals surface area contributed by atoms with Crippen molar-refractivity contribution in [1.82, 2.24) is 0 Å². The summed E-state index contributed by atoms with van der Waals surface area (Å²) in [5.41, 5.74) is 0. The predicted octanol–water partition coefficient (Wildman–Crippen LogP) is 18.9. The average molecular weight is 956 g/mol. The summed E-state index contributed by atoms with van der Waals surface area (Å²) in [5, 5.41) is 0. The van der Waals surface area contributed by atoms with Gasteiger partial charge < -0.3 is 14.2 Å². The summed E-state index contributed by atoms with van der Waals surface area (Å²) in [5.74, 6) is -0.945. The molecule has 1 unspecified atom stereocenters. The maximum absolute atomic E-state index is 12.8. The van der Waals surface area contributed by atoms with Gasteiger partial charge in [-0.05, 0) is 109 Å². The van der Waals surface area contributed by atoms with Gasteiger partial charge in [0.15, 0.2) is 6.10 Å². The second-order valence-corrected chi connectivity index (χ2v) is 18.1. The van der Waals surface area contributed by atoms with Crippen LogP contribution in [0.1, 0.15) is 239 Å². The van der Waals surface area contributed by atoms with Crippen molar-refractivity contribution in [2.24, 2.45) is 0 Å². The average Bonchev–Trinajstić information content (AvgIpc) is 3.35. The van der Waals surface area contributed by atoms with Gasteiger partial charge in [0.05, 0.1) is 0 Å². The van der Waals surface area contributed by atoms with E-state index in [1.165, 1.54) is 64.2 Å². The summed E-state index contributed by atoms with van der Waals surface area (Å²) in [6.45, 7) is 6.33. The lowest BCUT2D eigenvalue weighted by Gasteiger charge is -2.18. The van der Waals surface area contributed by atoms with Gasteiger partial charge in [-0.3, -0.25) is 14.4 Å². The standard InChI is InChI=1S/C63H102O6/c1-4-7-10-13-16-18-20-22-24-26-28-29-30-31-32-33-35-36-38-40-42-44-47-50-53-56-62(65)68-59-60(58-67-61(64)55-52-49-46-15-12-9-6-3)69-63(66)57-54-51-48-45-43-41-39-37-34-27-25-23-21-19-17-14-11-8-5-2/h7-8,10-11,16-19,22-25,28-29,31-32,34,37,41,43,60H,4-6,9,12-15,20-21,26-27,30,33,35-36,38-40,42,44-59H2,1-3H3/b10-7-,11-8-,18-16-,19-17-,24-22-,25-23-,29-28-,32-31-,37-34-,43-41-. The molecule has 0 fully saturated rings. The van der Waals surface area contributed by atoms with Gasteiger partial charge >= 0.3 is 17.9 Å². The zero-order chi connectivity index (χ0) is 50.0. The maximum atomic E-state index is 12.8. The molecule has 0 aliphatic carbocycles. The van der Waals surface area contributed by atoms with Crippen molar-refractivity contribution in [1.29, 1.82) is 0 Å². The van der Waals surface area contributed by atoms with Crippen LogP contribution in [-0.2, 0) is 28.6 Å². The second kappa shape index (κ2) is 56.4. The molecule has 390 valence electrons. The van der Waals surface area contributed by atoms with Crippen molar-refractivity contribution in [2.75, 3.05) is 13.2 Å². The molecule has 0 amide bonds. The van der Waals surface area contributed by atoms with E-state index in [1.54, 1.807) is 0 Å². The molecule has 0 aromatic carbocycles. The SMILES string of the molecule is CC/C=C\C/C=C\C/C=C\C/C=C\C/C=C\CCCCCCCCCCCC(=O)OCC(COC(=O)CCCCCCCCC)OC(=O)CCCCC/C=C\C/C=C\C/C=C\C/C=C\C/C=C\CC. The monoisotopic (exact) mass is 955 g/mol. The summed E-state index contributed by atoms with van der Waals surface area (Å²) in [7, 11) is 0. The van der Waals surface area contributed by atoms with Crippen molar-refractivity contribution in [3.05, 3.63) is 122 Å². The molecular weight excluding hydrogens is 853 g/mol. The molecular formula is C63H102O6. The fraction of sp³-hybridized carbons (Fsp3) is 0.635. The molecule has 69 heavy (non-hydrogen) atoms. The highest BCUT2D eigenvalue weighted by atomic mass is 16.6. The number of esters is 3. The first kappa shape index (κ1) is 64.8. The number of hydrogen-bond donors (Lipinski definition) is 0. The fourth-order valence-corrected chi connectivity index (χ4v) is 7.32. The highest BCUT2D eigenvalue weighted by Gasteiger charge is 2.19. The smallest absolute Gasteiger partial charge is 0.306 e. The van der Waals surface area contributed by atoms with E-state index in [9.17, 15) is 14.4 Å². The third kappa shape index (κ3) is 54.6. The Labute approximate surface area is 424 Å². The van der Waals surface area contributed by atoms with Crippen LogP contribution in [0.4, 0.5) is 0 Å². The van der Waals surface area contributed by atoms with E-state index in [0.717, 1.165) is 135 Å². The van der Waals surface area contributed by atoms with Crippen LogP contribution in [0.25, 0.3) is 0 Å². The lowest BCUT2D eigenvalue weighted by molar-refractivity contribution is -0.167. The molecule has 0 bridgehead atoms. The third-order valence-corrected chi connectivity index (χ3v) is 11.5. The molecule has 6 nitrogen and oxygen atoms in total. The van der Waals surface area contributed by atoms with E-state index in [1.807, 2.05) is 0 Å². The Kier molecular flexibility index (Phi) is 53.0. The first-order valence-corrected chi connectivity index (χ1v) is 28.0. The first-order chi connectivity index (χ1) is 34.0. The highest BCUT2D eigenvalue weighted by Crippen LogP contribution is 2.14. The van der Waals surface area contributed by atoms with Crippen molar-refractivity contribution in [3.63, 3.8) is 0 Å². The summed E-state index contributed by atoms with van der Waals surface area (Å²) < 4.78 is 16.7. The number of allylic oxidation sites excluding steroid dienone is 20. The first-order valence-electron chi connectivity index (χ1n) is 28.0. The number of carbonyl (C=O) groups excluding carboxylic acids is 3. The molecule has 0 saturated heterocycles. The third-order valence-electron chi connectivity index (χ3n) is 11.5. The van der Waals surface area contributed by atoms with Gasteiger partial charge in [0, 0.05) is 19.3 Å². The van der Waals surface area contributed by atoms with Crippen LogP contribution in [0.15, 0.2) is 122 Å². The number of rotatable bonds is 49. The Morgan fingerprint density at radius 2 is 0.565 bits per heavy atom. The quantitative estimate of drug-likeness (QED) is 0.0262. The van der Waals surface area contributed by atoms with Gasteiger partial charge in [0.25, 0.3) is 0 Å². The second-order valence-electron chi connectivity index (χ2n) is 18.1. The molecule has 0 rings (SSSR count). The minimum Gasteiger partial charge on any atom is -0.462 e. The van der Waals surface area contributed by atoms with Crippen LogP contribution in [-0.4, -0.2) is 37.2 Å². The van der Waals surface area contributed by atoms with E-state index in [2.05, 4.69) is 142 Å². The minimum atomic E-state index is -0.798. The minimum absolute atomic E-state index is 0.0954. The lowest BCUT2D eigenvalue weighted by atomic mass is 10.1. The molecule has 1 atom stereocenters. The number of ether oxygens (including phenoxy) is 3. The van der Waals surface area contributed by atoms with Gasteiger partial charge in [0.1, 0.15) is 13.2 Å². The van der Waals surface area contributed by atoms with Crippen molar-refractivity contribution >= 4 is 17.9 Å². The van der Waals surface area contributed by atoms with Gasteiger partial charge in [0.2, 0.25) is 0 Å². The maximum Gasteiger partial charge on any atom is 0.306 e. The molecule has 0 radical (unpaired) electrons. The predicted molar refractivity (Wildman–Crippen MR) is 297 cm³/mol. The summed E-state index contributed by atoms with van der Waals surface area (Å²) >= 11 is 0. The van der Waals surface area contributed by atoms with Crippen LogP contribution < -0.4 is 0 Å². The van der Waals surface area contributed by atoms with Gasteiger partial charge in [-0.1, -0.05) is 232 Å². The zero-order valence-corrected chi connectivity index (χ0v) is 44.5. The van der Waals surface area contributed by atoms with E-state index in [0.29, 0.717) is 12.8 Å². The molecule has 0 heterocycles. The van der Waals surface area contributed by atoms with Crippen molar-refractivity contribution < 1.29 is 28.6 Å². The van der Waals surface area contributed by atoms with Crippen LogP contribution >= 0.6 is 0 Å². The molecule has 0 N–H and O–H groups in total. The topological polar surface area (TPSA) is 78.9 Å². The van der Waals surface area contributed by atoms with E-state index in [4.69, 9.17) is 14.2 Å². The van der Waals surface area contributed by atoms with Crippen molar-refractivity contribution in [3.8, 4) is 0 Å². The molecule has 6 heteroatoms. The van der Waals surface area contributed by atoms with Crippen LogP contribution in [0, 0.1) is 0 Å². The Morgan fingerprint density at radius 1 is 0.304 bits per heavy atom. The number of unbranched alkanes of at least 4 members (excludes halogenated alkanes) is 18. The van der Waals surface area contributed by atoms with Gasteiger partial charge in [-0.2, -0.15) is 0 Å². The summed E-state index contributed by atoms with van der Waals surface area (Å²) in [4.78, 5) is 37.9. The fourth-order valence-electron chi connectivity index (χ4n) is 7.32. The van der Waals surface area contributed by atoms with Crippen LogP contribution in [0.3, 0.4) is 0 Å². The van der Waals surface area contributed by atoms with E-state index < -0.39 is 6.10 Å². The Hall–Kier alpha value is -4.19. The highest BCUT2D eigenvalue weighted by molar-refractivity contribution is 5.71. The Balaban J connectivity index is 4.28. The normalized spacial score (nSPS) is 13.0. The number of carbonyl (C=O) groups is 3. The van der Waals surface area contributed by atoms with Gasteiger partial charge in [-0.25, -0.2) is 0 Å². The number of hydrogen-bond acceptors (Lipinski definition) is 6. The molecule has 0 aliphatic heterocycles. The van der Waals surface area contributed by atoms with Crippen LogP contribution in [0.2, 0.25) is 0 Å². The Bertz CT molecular complexity index is 1470. The van der Waals surface area contributed by atoms with E-state index >= 15 is 0 Å². The molecule has 0 saturated carbocycles. The molecule has 0 aromatic heterocycles. The lowest BCUT2D eigenvalue weighted by Crippen LogP contribution is -2.30. The van der Waals surface area contributed by atoms with Crippen LogP contribution in [0.5, 0.6) is 0 Å². The molecule has 0 aromatic rings.